The molecule has 2 unspecified atom stereocenters. The number of piperidine rings is 1. The van der Waals surface area contributed by atoms with Gasteiger partial charge < -0.3 is 4.90 Å². The highest BCUT2D eigenvalue weighted by molar-refractivity contribution is 7.94. The lowest BCUT2D eigenvalue weighted by molar-refractivity contribution is 0.0951. The summed E-state index contributed by atoms with van der Waals surface area (Å²) in [4.78, 5) is 28.2. The number of carbonyl (C=O) groups is 2. The van der Waals surface area contributed by atoms with Gasteiger partial charge in [0.15, 0.2) is 4.91 Å². The number of rotatable bonds is 3. The molecule has 1 aromatic carbocycles. The molecule has 3 aliphatic rings. The van der Waals surface area contributed by atoms with Gasteiger partial charge in [-0.1, -0.05) is 30.7 Å². The molecule has 2 atom stereocenters. The van der Waals surface area contributed by atoms with Crippen LogP contribution in [0.15, 0.2) is 34.9 Å². The predicted octanol–water partition coefficient (Wildman–Crippen LogP) is 2.97. The number of ketones is 2. The van der Waals surface area contributed by atoms with Gasteiger partial charge in [-0.2, -0.15) is 4.31 Å². The zero-order valence-electron chi connectivity index (χ0n) is 16.3. The molecule has 0 radical (unpaired) electrons. The molecule has 4 rings (SSSR count). The number of fused-ring (bicyclic) bond motifs is 1. The minimum atomic E-state index is -4.09. The molecule has 2 heterocycles. The second kappa shape index (κ2) is 7.12. The van der Waals surface area contributed by atoms with E-state index in [2.05, 4.69) is 0 Å². The molecule has 1 aromatic rings. The topological polar surface area (TPSA) is 74.8 Å². The van der Waals surface area contributed by atoms with Gasteiger partial charge in [-0.05, 0) is 39.5 Å². The van der Waals surface area contributed by atoms with Crippen molar-refractivity contribution in [1.82, 2.24) is 9.21 Å². The monoisotopic (exact) mass is 402 g/mol. The minimum Gasteiger partial charge on any atom is -0.367 e. The van der Waals surface area contributed by atoms with Crippen LogP contribution in [0, 0.1) is 0 Å². The molecule has 0 N–H and O–H groups in total. The maximum atomic E-state index is 13.8. The fourth-order valence-corrected chi connectivity index (χ4v) is 6.96. The third-order valence-corrected chi connectivity index (χ3v) is 8.29. The van der Waals surface area contributed by atoms with E-state index in [-0.39, 0.29) is 34.0 Å². The Balaban J connectivity index is 1.93. The Kier molecular flexibility index (Phi) is 4.91. The summed E-state index contributed by atoms with van der Waals surface area (Å²) in [6, 6.07) is 6.15. The number of benzene rings is 1. The lowest BCUT2D eigenvalue weighted by Crippen LogP contribution is -2.50. The van der Waals surface area contributed by atoms with Crippen LogP contribution in [0.4, 0.5) is 0 Å². The summed E-state index contributed by atoms with van der Waals surface area (Å²) in [5.41, 5.74) is 0.561. The smallest absolute Gasteiger partial charge is 0.249 e. The third-order valence-electron chi connectivity index (χ3n) is 6.12. The molecular formula is C21H26N2O4S. The molecule has 2 fully saturated rings. The van der Waals surface area contributed by atoms with Crippen molar-refractivity contribution in [2.24, 2.45) is 0 Å². The number of carbonyl (C=O) groups excluding carboxylic acids is 2. The van der Waals surface area contributed by atoms with E-state index in [1.807, 2.05) is 13.8 Å². The van der Waals surface area contributed by atoms with Gasteiger partial charge >= 0.3 is 0 Å². The first-order valence-electron chi connectivity index (χ1n) is 10.0. The van der Waals surface area contributed by atoms with Gasteiger partial charge in [0.05, 0.1) is 0 Å². The number of sulfonamides is 1. The number of allylic oxidation sites excluding steroid dienone is 2. The largest absolute Gasteiger partial charge is 0.367 e. The third kappa shape index (κ3) is 2.92. The first kappa shape index (κ1) is 19.3. The fraction of sp³-hybridized carbons (Fsp3) is 0.524. The molecule has 2 aliphatic heterocycles. The number of likely N-dealkylation sites (tertiary alicyclic amines) is 1. The summed E-state index contributed by atoms with van der Waals surface area (Å²) < 4.78 is 29.0. The van der Waals surface area contributed by atoms with Crippen LogP contribution < -0.4 is 0 Å². The SMILES string of the molecule is CC1CCCC(C)N1S(=O)(=O)C1=C(N2CCCC2)C(=O)c2ccccc2C1=O. The molecule has 6 nitrogen and oxygen atoms in total. The van der Waals surface area contributed by atoms with Crippen LogP contribution in [0.1, 0.15) is 66.7 Å². The van der Waals surface area contributed by atoms with Gasteiger partial charge in [0, 0.05) is 36.3 Å². The van der Waals surface area contributed by atoms with Crippen molar-refractivity contribution < 1.29 is 18.0 Å². The molecule has 2 saturated heterocycles. The highest BCUT2D eigenvalue weighted by Crippen LogP contribution is 2.37. The molecule has 7 heteroatoms. The van der Waals surface area contributed by atoms with Crippen molar-refractivity contribution in [3.8, 4) is 0 Å². The summed E-state index contributed by atoms with van der Waals surface area (Å²) in [7, 11) is -4.09. The molecule has 1 aliphatic carbocycles. The summed E-state index contributed by atoms with van der Waals surface area (Å²) in [6.45, 7) is 4.96. The van der Waals surface area contributed by atoms with Crippen LogP contribution in [-0.4, -0.2) is 54.4 Å². The molecule has 0 spiro atoms. The number of hydrogen-bond donors (Lipinski definition) is 0. The number of Topliss-reactive ketones (excluding diaryl/α,β-unsaturated/α-hetero) is 2. The Labute approximate surface area is 166 Å². The second-order valence-electron chi connectivity index (χ2n) is 8.04. The molecule has 0 aromatic heterocycles. The van der Waals surface area contributed by atoms with Crippen LogP contribution in [0.5, 0.6) is 0 Å². The van der Waals surface area contributed by atoms with E-state index in [4.69, 9.17) is 0 Å². The van der Waals surface area contributed by atoms with E-state index in [0.717, 1.165) is 32.1 Å². The van der Waals surface area contributed by atoms with Crippen LogP contribution in [-0.2, 0) is 10.0 Å². The first-order valence-corrected chi connectivity index (χ1v) is 11.5. The van der Waals surface area contributed by atoms with Crippen LogP contribution in [0.25, 0.3) is 0 Å². The maximum absolute atomic E-state index is 13.8. The summed E-state index contributed by atoms with van der Waals surface area (Å²) in [6.07, 6.45) is 4.25. The summed E-state index contributed by atoms with van der Waals surface area (Å²) in [5, 5.41) is 0. The van der Waals surface area contributed by atoms with Gasteiger partial charge in [0.25, 0.3) is 0 Å². The number of nitrogens with zero attached hydrogens (tertiary/aromatic N) is 2. The first-order chi connectivity index (χ1) is 13.3. The standard InChI is InChI=1S/C21H26N2O4S/c1-14-8-7-9-15(2)23(14)28(26,27)21-18(22-12-5-6-13-22)19(24)16-10-3-4-11-17(16)20(21)25/h3-4,10-11,14-15H,5-9,12-13H2,1-2H3. The van der Waals surface area contributed by atoms with E-state index in [1.165, 1.54) is 4.31 Å². The molecule has 150 valence electrons. The lowest BCUT2D eigenvalue weighted by Gasteiger charge is -2.39. The zero-order chi connectivity index (χ0) is 20.1. The van der Waals surface area contributed by atoms with Gasteiger partial charge in [-0.15, -0.1) is 0 Å². The fourth-order valence-electron chi connectivity index (χ4n) is 4.78. The van der Waals surface area contributed by atoms with Crippen molar-refractivity contribution in [2.75, 3.05) is 13.1 Å². The van der Waals surface area contributed by atoms with Crippen LogP contribution >= 0.6 is 0 Å². The average molecular weight is 403 g/mol. The Hall–Kier alpha value is -1.99. The Morgan fingerprint density at radius 1 is 0.857 bits per heavy atom. The van der Waals surface area contributed by atoms with E-state index in [9.17, 15) is 18.0 Å². The van der Waals surface area contributed by atoms with Crippen molar-refractivity contribution in [2.45, 2.75) is 58.0 Å². The Morgan fingerprint density at radius 3 is 1.96 bits per heavy atom. The summed E-state index contributed by atoms with van der Waals surface area (Å²) >= 11 is 0. The van der Waals surface area contributed by atoms with Crippen molar-refractivity contribution in [1.29, 1.82) is 0 Å². The Morgan fingerprint density at radius 2 is 1.39 bits per heavy atom. The molecule has 0 saturated carbocycles. The van der Waals surface area contributed by atoms with Gasteiger partial charge in [-0.25, -0.2) is 8.42 Å². The molecule has 0 amide bonds. The Bertz CT molecular complexity index is 950. The van der Waals surface area contributed by atoms with Gasteiger partial charge in [0.2, 0.25) is 21.6 Å². The second-order valence-corrected chi connectivity index (χ2v) is 9.82. The highest BCUT2D eigenvalue weighted by Gasteiger charge is 2.46. The van der Waals surface area contributed by atoms with E-state index < -0.39 is 15.8 Å². The number of hydrogen-bond acceptors (Lipinski definition) is 5. The van der Waals surface area contributed by atoms with Gasteiger partial charge in [-0.3, -0.25) is 9.59 Å². The van der Waals surface area contributed by atoms with Crippen molar-refractivity contribution >= 4 is 21.6 Å². The van der Waals surface area contributed by atoms with E-state index in [0.29, 0.717) is 18.7 Å². The lowest BCUT2D eigenvalue weighted by atomic mass is 9.92. The minimum absolute atomic E-state index is 0.0752. The molecule has 0 bridgehead atoms. The van der Waals surface area contributed by atoms with Crippen LogP contribution in [0.2, 0.25) is 0 Å². The predicted molar refractivity (Wildman–Crippen MR) is 106 cm³/mol. The van der Waals surface area contributed by atoms with Gasteiger partial charge in [0.1, 0.15) is 5.70 Å². The quantitative estimate of drug-likeness (QED) is 0.777. The van der Waals surface area contributed by atoms with Crippen LogP contribution in [0.3, 0.4) is 0 Å². The average Bonchev–Trinajstić information content (AvgIpc) is 3.18. The van der Waals surface area contributed by atoms with Crippen molar-refractivity contribution in [3.05, 3.63) is 46.0 Å². The van der Waals surface area contributed by atoms with Crippen molar-refractivity contribution in [3.63, 3.8) is 0 Å². The maximum Gasteiger partial charge on any atom is 0.249 e. The molecular weight excluding hydrogens is 376 g/mol. The summed E-state index contributed by atoms with van der Waals surface area (Å²) in [5.74, 6) is -0.907. The van der Waals surface area contributed by atoms with E-state index >= 15 is 0 Å². The normalized spacial score (nSPS) is 26.7. The highest BCUT2D eigenvalue weighted by atomic mass is 32.2. The molecule has 28 heavy (non-hydrogen) atoms. The zero-order valence-corrected chi connectivity index (χ0v) is 17.2. The van der Waals surface area contributed by atoms with E-state index in [1.54, 1.807) is 29.2 Å².